The van der Waals surface area contributed by atoms with Gasteiger partial charge in [-0.15, -0.1) is 0 Å². The number of fused-ring (bicyclic) bond motifs is 1. The first kappa shape index (κ1) is 8.11. The van der Waals surface area contributed by atoms with Crippen LogP contribution >= 0.6 is 0 Å². The number of aromatic amines is 1. The van der Waals surface area contributed by atoms with E-state index in [0.29, 0.717) is 0 Å². The Morgan fingerprint density at radius 3 is 2.93 bits per heavy atom. The molecule has 15 heavy (non-hydrogen) atoms. The van der Waals surface area contributed by atoms with E-state index in [-0.39, 0.29) is 0 Å². The van der Waals surface area contributed by atoms with E-state index in [1.807, 2.05) is 24.4 Å². The summed E-state index contributed by atoms with van der Waals surface area (Å²) in [6.45, 7) is 0. The van der Waals surface area contributed by atoms with E-state index in [9.17, 15) is 0 Å². The summed E-state index contributed by atoms with van der Waals surface area (Å²) in [7, 11) is 0. The molecule has 0 aromatic carbocycles. The first-order chi connectivity index (χ1) is 7.43. The number of nitrogens with one attached hydrogen (secondary N) is 1. The van der Waals surface area contributed by atoms with Crippen molar-refractivity contribution in [1.29, 1.82) is 0 Å². The fraction of sp³-hybridized carbons (Fsp3) is 0. The molecule has 0 saturated carbocycles. The molecule has 0 saturated heterocycles. The lowest BCUT2D eigenvalue weighted by atomic mass is 10.1. The summed E-state index contributed by atoms with van der Waals surface area (Å²) in [5, 5.41) is 0. The maximum Gasteiger partial charge on any atom is 0.177 e. The van der Waals surface area contributed by atoms with Gasteiger partial charge in [0.15, 0.2) is 5.65 Å². The van der Waals surface area contributed by atoms with E-state index in [2.05, 4.69) is 19.9 Å². The Labute approximate surface area is 86.0 Å². The van der Waals surface area contributed by atoms with Gasteiger partial charge in [0.25, 0.3) is 0 Å². The molecule has 0 amide bonds. The van der Waals surface area contributed by atoms with E-state index >= 15 is 0 Å². The van der Waals surface area contributed by atoms with Gasteiger partial charge in [0.2, 0.25) is 0 Å². The Morgan fingerprint density at radius 2 is 2.07 bits per heavy atom. The smallest absolute Gasteiger partial charge is 0.177 e. The van der Waals surface area contributed by atoms with Crippen LogP contribution in [0.2, 0.25) is 0 Å². The summed E-state index contributed by atoms with van der Waals surface area (Å²) < 4.78 is 0. The Kier molecular flexibility index (Phi) is 1.71. The normalized spacial score (nSPS) is 10.7. The van der Waals surface area contributed by atoms with Crippen LogP contribution in [-0.4, -0.2) is 19.9 Å². The molecule has 0 aliphatic carbocycles. The molecule has 3 aromatic heterocycles. The van der Waals surface area contributed by atoms with Gasteiger partial charge in [-0.05, 0) is 12.1 Å². The fourth-order valence-corrected chi connectivity index (χ4v) is 1.52. The summed E-state index contributed by atoms with van der Waals surface area (Å²) in [6.07, 6.45) is 7.02. The van der Waals surface area contributed by atoms with Crippen molar-refractivity contribution in [3.8, 4) is 11.1 Å². The van der Waals surface area contributed by atoms with Crippen molar-refractivity contribution in [3.63, 3.8) is 0 Å². The van der Waals surface area contributed by atoms with Gasteiger partial charge in [-0.1, -0.05) is 6.07 Å². The molecule has 3 aromatic rings. The van der Waals surface area contributed by atoms with Gasteiger partial charge >= 0.3 is 0 Å². The molecule has 4 heteroatoms. The quantitative estimate of drug-likeness (QED) is 0.647. The van der Waals surface area contributed by atoms with Crippen LogP contribution < -0.4 is 0 Å². The first-order valence-electron chi connectivity index (χ1n) is 4.63. The molecule has 0 spiro atoms. The van der Waals surface area contributed by atoms with Crippen LogP contribution in [0.5, 0.6) is 0 Å². The van der Waals surface area contributed by atoms with Crippen molar-refractivity contribution in [3.05, 3.63) is 43.1 Å². The highest BCUT2D eigenvalue weighted by molar-refractivity contribution is 5.77. The molecule has 3 rings (SSSR count). The summed E-state index contributed by atoms with van der Waals surface area (Å²) in [6, 6.07) is 5.94. The van der Waals surface area contributed by atoms with Crippen LogP contribution in [0.25, 0.3) is 22.3 Å². The van der Waals surface area contributed by atoms with Gasteiger partial charge in [-0.25, -0.2) is 9.97 Å². The van der Waals surface area contributed by atoms with E-state index in [0.717, 1.165) is 22.3 Å². The van der Waals surface area contributed by atoms with Crippen molar-refractivity contribution in [1.82, 2.24) is 19.9 Å². The minimum Gasteiger partial charge on any atom is -0.343 e. The Bertz CT molecular complexity index is 586. The zero-order valence-electron chi connectivity index (χ0n) is 7.88. The standard InChI is InChI=1S/C11H8N4/c1-2-8(5-12-3-1)9-4-10-11(13-6-9)15-7-14-10/h1-7H,(H,13,14,15). The van der Waals surface area contributed by atoms with Crippen molar-refractivity contribution >= 4 is 11.2 Å². The van der Waals surface area contributed by atoms with Gasteiger partial charge in [0.1, 0.15) is 0 Å². The van der Waals surface area contributed by atoms with Crippen molar-refractivity contribution in [2.45, 2.75) is 0 Å². The van der Waals surface area contributed by atoms with Gasteiger partial charge in [0, 0.05) is 29.7 Å². The molecule has 3 heterocycles. The molecule has 0 atom stereocenters. The SMILES string of the molecule is c1cncc(-c2cnc3nc[nH]c3c2)c1. The molecule has 0 fully saturated rings. The first-order valence-corrected chi connectivity index (χ1v) is 4.63. The Morgan fingerprint density at radius 1 is 1.07 bits per heavy atom. The van der Waals surface area contributed by atoms with Crippen LogP contribution in [0, 0.1) is 0 Å². The predicted molar refractivity (Wildman–Crippen MR) is 57.1 cm³/mol. The number of nitrogens with zero attached hydrogens (tertiary/aromatic N) is 3. The molecule has 0 aliphatic rings. The topological polar surface area (TPSA) is 54.5 Å². The van der Waals surface area contributed by atoms with Crippen LogP contribution in [0.1, 0.15) is 0 Å². The lowest BCUT2D eigenvalue weighted by Crippen LogP contribution is -1.82. The van der Waals surface area contributed by atoms with Gasteiger partial charge < -0.3 is 4.98 Å². The fourth-order valence-electron chi connectivity index (χ4n) is 1.52. The van der Waals surface area contributed by atoms with Crippen LogP contribution in [-0.2, 0) is 0 Å². The highest BCUT2D eigenvalue weighted by atomic mass is 14.9. The van der Waals surface area contributed by atoms with Crippen molar-refractivity contribution in [2.24, 2.45) is 0 Å². The average Bonchev–Trinajstić information content (AvgIpc) is 2.77. The summed E-state index contributed by atoms with van der Waals surface area (Å²) >= 11 is 0. The molecule has 1 N–H and O–H groups in total. The number of hydrogen-bond acceptors (Lipinski definition) is 3. The Hall–Kier alpha value is -2.23. The average molecular weight is 196 g/mol. The second-order valence-corrected chi connectivity index (χ2v) is 3.24. The monoisotopic (exact) mass is 196 g/mol. The summed E-state index contributed by atoms with van der Waals surface area (Å²) in [5.74, 6) is 0. The van der Waals surface area contributed by atoms with E-state index < -0.39 is 0 Å². The van der Waals surface area contributed by atoms with E-state index in [4.69, 9.17) is 0 Å². The molecule has 0 unspecified atom stereocenters. The summed E-state index contributed by atoms with van der Waals surface area (Å²) in [4.78, 5) is 15.4. The minimum absolute atomic E-state index is 0.739. The zero-order chi connectivity index (χ0) is 10.1. The zero-order valence-corrected chi connectivity index (χ0v) is 7.88. The molecular weight excluding hydrogens is 188 g/mol. The predicted octanol–water partition coefficient (Wildman–Crippen LogP) is 2.02. The molecule has 4 nitrogen and oxygen atoms in total. The van der Waals surface area contributed by atoms with Crippen LogP contribution in [0.4, 0.5) is 0 Å². The molecule has 0 bridgehead atoms. The Balaban J connectivity index is 2.19. The largest absolute Gasteiger partial charge is 0.343 e. The number of imidazole rings is 1. The molecular formula is C11H8N4. The maximum atomic E-state index is 4.25. The van der Waals surface area contributed by atoms with Crippen molar-refractivity contribution < 1.29 is 0 Å². The van der Waals surface area contributed by atoms with Gasteiger partial charge in [0.05, 0.1) is 11.8 Å². The maximum absolute atomic E-state index is 4.25. The third-order valence-corrected chi connectivity index (χ3v) is 2.27. The third kappa shape index (κ3) is 1.36. The number of rotatable bonds is 1. The second kappa shape index (κ2) is 3.16. The van der Waals surface area contributed by atoms with E-state index in [1.165, 1.54) is 0 Å². The number of H-pyrrole nitrogens is 1. The summed E-state index contributed by atoms with van der Waals surface area (Å²) in [5.41, 5.74) is 3.78. The number of pyridine rings is 2. The van der Waals surface area contributed by atoms with Gasteiger partial charge in [-0.3, -0.25) is 4.98 Å². The van der Waals surface area contributed by atoms with Crippen molar-refractivity contribution in [2.75, 3.05) is 0 Å². The number of hydrogen-bond donors (Lipinski definition) is 1. The lowest BCUT2D eigenvalue weighted by molar-refractivity contribution is 1.29. The molecule has 72 valence electrons. The minimum atomic E-state index is 0.739. The second-order valence-electron chi connectivity index (χ2n) is 3.24. The number of aromatic nitrogens is 4. The van der Waals surface area contributed by atoms with E-state index in [1.54, 1.807) is 18.7 Å². The third-order valence-electron chi connectivity index (χ3n) is 2.27. The molecule has 0 radical (unpaired) electrons. The van der Waals surface area contributed by atoms with Crippen LogP contribution in [0.15, 0.2) is 43.1 Å². The van der Waals surface area contributed by atoms with Gasteiger partial charge in [-0.2, -0.15) is 0 Å². The lowest BCUT2D eigenvalue weighted by Gasteiger charge is -1.99. The highest BCUT2D eigenvalue weighted by Gasteiger charge is 2.01. The van der Waals surface area contributed by atoms with Crippen LogP contribution in [0.3, 0.4) is 0 Å². The highest BCUT2D eigenvalue weighted by Crippen LogP contribution is 2.19. The molecule has 0 aliphatic heterocycles.